The van der Waals surface area contributed by atoms with Crippen molar-refractivity contribution >= 4 is 11.9 Å². The molecule has 0 aromatic rings. The van der Waals surface area contributed by atoms with Crippen LogP contribution in [0.1, 0.15) is 33.1 Å². The van der Waals surface area contributed by atoms with Gasteiger partial charge in [-0.2, -0.15) is 0 Å². The van der Waals surface area contributed by atoms with E-state index in [4.69, 9.17) is 5.11 Å². The van der Waals surface area contributed by atoms with Gasteiger partial charge in [-0.25, -0.2) is 0 Å². The minimum atomic E-state index is -1.00. The number of piperidine rings is 1. The van der Waals surface area contributed by atoms with Crippen LogP contribution in [0, 0.1) is 5.41 Å². The van der Waals surface area contributed by atoms with Gasteiger partial charge >= 0.3 is 5.97 Å². The molecule has 1 amide bonds. The fourth-order valence-corrected chi connectivity index (χ4v) is 2.28. The first-order valence-electron chi connectivity index (χ1n) is 6.16. The number of rotatable bonds is 5. The van der Waals surface area contributed by atoms with Gasteiger partial charge in [-0.15, -0.1) is 0 Å². The van der Waals surface area contributed by atoms with Crippen LogP contribution in [0.3, 0.4) is 0 Å². The number of aliphatic carboxylic acids is 1. The summed E-state index contributed by atoms with van der Waals surface area (Å²) in [5.74, 6) is -1.21. The Morgan fingerprint density at radius 3 is 2.76 bits per heavy atom. The van der Waals surface area contributed by atoms with Gasteiger partial charge in [0.25, 0.3) is 0 Å². The van der Waals surface area contributed by atoms with Crippen LogP contribution in [0.15, 0.2) is 0 Å². The fraction of sp³-hybridized carbons (Fsp3) is 0.833. The van der Waals surface area contributed by atoms with Crippen molar-refractivity contribution in [3.63, 3.8) is 0 Å². The fourth-order valence-electron chi connectivity index (χ4n) is 2.28. The van der Waals surface area contributed by atoms with E-state index in [1.54, 1.807) is 0 Å². The van der Waals surface area contributed by atoms with Crippen LogP contribution in [0.5, 0.6) is 0 Å². The average Bonchev–Trinajstić information content (AvgIpc) is 2.26. The summed E-state index contributed by atoms with van der Waals surface area (Å²) in [5.41, 5.74) is 0.297. The van der Waals surface area contributed by atoms with E-state index in [2.05, 4.69) is 24.1 Å². The number of amides is 1. The molecule has 0 aromatic carbocycles. The Hall–Kier alpha value is -1.10. The Morgan fingerprint density at radius 2 is 2.18 bits per heavy atom. The summed E-state index contributed by atoms with van der Waals surface area (Å²) < 4.78 is 0. The zero-order valence-corrected chi connectivity index (χ0v) is 10.7. The second kappa shape index (κ2) is 6.00. The van der Waals surface area contributed by atoms with Gasteiger partial charge in [0.15, 0.2) is 0 Å². The first-order valence-corrected chi connectivity index (χ1v) is 6.16. The van der Waals surface area contributed by atoms with E-state index in [0.29, 0.717) is 12.0 Å². The Morgan fingerprint density at radius 1 is 1.47 bits per heavy atom. The standard InChI is InChI=1S/C12H22N2O3/c1-3-12(2)5-4-6-14(9-12)8-10(15)13-7-11(16)17/h3-9H2,1-2H3,(H,13,15)(H,16,17). The molecule has 5 heteroatoms. The predicted octanol–water partition coefficient (Wildman–Crippen LogP) is 0.699. The number of nitrogens with one attached hydrogen (secondary N) is 1. The SMILES string of the molecule is CCC1(C)CCCN(CC(=O)NCC(=O)O)C1. The lowest BCUT2D eigenvalue weighted by Gasteiger charge is -2.39. The van der Waals surface area contributed by atoms with E-state index < -0.39 is 5.97 Å². The number of hydrogen-bond acceptors (Lipinski definition) is 3. The molecule has 0 bridgehead atoms. The van der Waals surface area contributed by atoms with Crippen LogP contribution in [0.25, 0.3) is 0 Å². The highest BCUT2D eigenvalue weighted by atomic mass is 16.4. The third-order valence-electron chi connectivity index (χ3n) is 3.52. The van der Waals surface area contributed by atoms with Gasteiger partial charge in [-0.05, 0) is 31.2 Å². The molecule has 1 atom stereocenters. The van der Waals surface area contributed by atoms with Crippen LogP contribution in [-0.4, -0.2) is 48.1 Å². The molecule has 1 saturated heterocycles. The van der Waals surface area contributed by atoms with E-state index in [9.17, 15) is 9.59 Å². The van der Waals surface area contributed by atoms with E-state index in [1.165, 1.54) is 6.42 Å². The van der Waals surface area contributed by atoms with Crippen molar-refractivity contribution in [1.82, 2.24) is 10.2 Å². The summed E-state index contributed by atoms with van der Waals surface area (Å²) in [6, 6.07) is 0. The number of carboxylic acids is 1. The van der Waals surface area contributed by atoms with Crippen molar-refractivity contribution in [1.29, 1.82) is 0 Å². The highest BCUT2D eigenvalue weighted by Crippen LogP contribution is 2.32. The summed E-state index contributed by atoms with van der Waals surface area (Å²) in [7, 11) is 0. The van der Waals surface area contributed by atoms with Gasteiger partial charge in [-0.1, -0.05) is 13.8 Å². The lowest BCUT2D eigenvalue weighted by Crippen LogP contribution is -2.46. The molecular formula is C12H22N2O3. The molecule has 1 heterocycles. The van der Waals surface area contributed by atoms with Crippen molar-refractivity contribution in [3.05, 3.63) is 0 Å². The molecule has 98 valence electrons. The Kier molecular flexibility index (Phi) is 4.93. The number of likely N-dealkylation sites (tertiary alicyclic amines) is 1. The van der Waals surface area contributed by atoms with Crippen molar-refractivity contribution in [3.8, 4) is 0 Å². The molecule has 17 heavy (non-hydrogen) atoms. The zero-order valence-electron chi connectivity index (χ0n) is 10.7. The first-order chi connectivity index (χ1) is 7.95. The Bertz CT molecular complexity index is 293. The summed E-state index contributed by atoms with van der Waals surface area (Å²) in [6.45, 7) is 6.28. The van der Waals surface area contributed by atoms with E-state index in [0.717, 1.165) is 25.9 Å². The summed E-state index contributed by atoms with van der Waals surface area (Å²) >= 11 is 0. The summed E-state index contributed by atoms with van der Waals surface area (Å²) in [4.78, 5) is 23.9. The molecule has 0 aromatic heterocycles. The monoisotopic (exact) mass is 242 g/mol. The number of nitrogens with zero attached hydrogens (tertiary/aromatic N) is 1. The normalized spacial score (nSPS) is 25.5. The maximum Gasteiger partial charge on any atom is 0.322 e. The van der Waals surface area contributed by atoms with Crippen LogP contribution < -0.4 is 5.32 Å². The molecule has 0 spiro atoms. The molecule has 0 radical (unpaired) electrons. The highest BCUT2D eigenvalue weighted by Gasteiger charge is 2.29. The van der Waals surface area contributed by atoms with Crippen molar-refractivity contribution < 1.29 is 14.7 Å². The molecule has 1 rings (SSSR count). The number of hydrogen-bond donors (Lipinski definition) is 2. The molecule has 0 aliphatic carbocycles. The quantitative estimate of drug-likeness (QED) is 0.744. The Labute approximate surface area is 102 Å². The maximum absolute atomic E-state index is 11.5. The van der Waals surface area contributed by atoms with Crippen molar-refractivity contribution in [2.75, 3.05) is 26.2 Å². The van der Waals surface area contributed by atoms with E-state index in [-0.39, 0.29) is 12.5 Å². The number of carbonyl (C=O) groups excluding carboxylic acids is 1. The Balaban J connectivity index is 2.36. The van der Waals surface area contributed by atoms with Crippen LogP contribution in [0.4, 0.5) is 0 Å². The average molecular weight is 242 g/mol. The van der Waals surface area contributed by atoms with Crippen molar-refractivity contribution in [2.45, 2.75) is 33.1 Å². The third-order valence-corrected chi connectivity index (χ3v) is 3.52. The number of carboxylic acid groups (broad SMARTS) is 1. The van der Waals surface area contributed by atoms with Gasteiger partial charge < -0.3 is 10.4 Å². The van der Waals surface area contributed by atoms with Crippen molar-refractivity contribution in [2.24, 2.45) is 5.41 Å². The van der Waals surface area contributed by atoms with E-state index >= 15 is 0 Å². The minimum Gasteiger partial charge on any atom is -0.480 e. The second-order valence-electron chi connectivity index (χ2n) is 5.15. The molecule has 2 N–H and O–H groups in total. The van der Waals surface area contributed by atoms with Gasteiger partial charge in [0.2, 0.25) is 5.91 Å². The lowest BCUT2D eigenvalue weighted by molar-refractivity contribution is -0.138. The highest BCUT2D eigenvalue weighted by molar-refractivity contribution is 5.82. The van der Waals surface area contributed by atoms with Crippen LogP contribution >= 0.6 is 0 Å². The molecule has 0 saturated carbocycles. The predicted molar refractivity (Wildman–Crippen MR) is 64.7 cm³/mol. The zero-order chi connectivity index (χ0) is 12.9. The lowest BCUT2D eigenvalue weighted by atomic mass is 9.80. The van der Waals surface area contributed by atoms with Crippen LogP contribution in [0.2, 0.25) is 0 Å². The largest absolute Gasteiger partial charge is 0.480 e. The van der Waals surface area contributed by atoms with Gasteiger partial charge in [0.05, 0.1) is 6.54 Å². The molecule has 5 nitrogen and oxygen atoms in total. The van der Waals surface area contributed by atoms with Gasteiger partial charge in [-0.3, -0.25) is 14.5 Å². The van der Waals surface area contributed by atoms with Gasteiger partial charge in [0, 0.05) is 6.54 Å². The third kappa shape index (κ3) is 4.73. The minimum absolute atomic E-state index is 0.201. The molecule has 1 aliphatic rings. The molecule has 1 aliphatic heterocycles. The second-order valence-corrected chi connectivity index (χ2v) is 5.15. The summed E-state index contributed by atoms with van der Waals surface area (Å²) in [5, 5.41) is 10.9. The van der Waals surface area contributed by atoms with E-state index in [1.807, 2.05) is 0 Å². The van der Waals surface area contributed by atoms with Crippen LogP contribution in [-0.2, 0) is 9.59 Å². The maximum atomic E-state index is 11.5. The first kappa shape index (κ1) is 14.0. The molecular weight excluding hydrogens is 220 g/mol. The number of carbonyl (C=O) groups is 2. The molecule has 1 fully saturated rings. The van der Waals surface area contributed by atoms with Gasteiger partial charge in [0.1, 0.15) is 6.54 Å². The topological polar surface area (TPSA) is 69.6 Å². The summed E-state index contributed by atoms with van der Waals surface area (Å²) in [6.07, 6.45) is 3.42. The smallest absolute Gasteiger partial charge is 0.322 e. The molecule has 1 unspecified atom stereocenters.